The van der Waals surface area contributed by atoms with Crippen molar-refractivity contribution in [3.05, 3.63) is 70.3 Å². The van der Waals surface area contributed by atoms with Gasteiger partial charge in [-0.25, -0.2) is 0 Å². The number of hydrogen-bond acceptors (Lipinski definition) is 4. The topological polar surface area (TPSA) is 77.8 Å². The summed E-state index contributed by atoms with van der Waals surface area (Å²) >= 11 is 0. The summed E-state index contributed by atoms with van der Waals surface area (Å²) in [4.78, 5) is 25.9. The molecule has 2 aromatic carbocycles. The number of aryl methyl sites for hydroxylation is 1. The van der Waals surface area contributed by atoms with E-state index < -0.39 is 0 Å². The van der Waals surface area contributed by atoms with E-state index in [0.29, 0.717) is 24.1 Å². The van der Waals surface area contributed by atoms with Crippen LogP contribution in [0.15, 0.2) is 42.5 Å². The summed E-state index contributed by atoms with van der Waals surface area (Å²) in [6, 6.07) is 12.5. The van der Waals surface area contributed by atoms with Gasteiger partial charge in [0.1, 0.15) is 0 Å². The van der Waals surface area contributed by atoms with Crippen LogP contribution in [0.1, 0.15) is 50.2 Å². The lowest BCUT2D eigenvalue weighted by atomic mass is 10.0. The van der Waals surface area contributed by atoms with Crippen LogP contribution in [-0.2, 0) is 19.6 Å². The third-order valence-corrected chi connectivity index (χ3v) is 4.45. The highest BCUT2D eigenvalue weighted by atomic mass is 16.3. The van der Waals surface area contributed by atoms with Gasteiger partial charge in [-0.2, -0.15) is 0 Å². The number of imide groups is 1. The van der Waals surface area contributed by atoms with Gasteiger partial charge in [0.15, 0.2) is 0 Å². The number of carbonyl (C=O) groups is 2. The van der Waals surface area contributed by atoms with E-state index in [9.17, 15) is 19.8 Å². The summed E-state index contributed by atoms with van der Waals surface area (Å²) < 4.78 is 0. The van der Waals surface area contributed by atoms with Crippen molar-refractivity contribution >= 4 is 11.8 Å². The molecular formula is C20H21NO4. The molecule has 0 aliphatic carbocycles. The molecule has 1 heterocycles. The molecule has 2 aromatic rings. The van der Waals surface area contributed by atoms with Gasteiger partial charge < -0.3 is 10.2 Å². The third-order valence-electron chi connectivity index (χ3n) is 4.45. The lowest BCUT2D eigenvalue weighted by molar-refractivity contribution is 0.0652. The molecule has 2 N–H and O–H groups in total. The molecule has 0 bridgehead atoms. The fourth-order valence-electron chi connectivity index (χ4n) is 3.21. The summed E-state index contributed by atoms with van der Waals surface area (Å²) in [7, 11) is 0. The van der Waals surface area contributed by atoms with Crippen molar-refractivity contribution < 1.29 is 19.8 Å². The molecule has 2 amide bonds. The second kappa shape index (κ2) is 7.59. The predicted molar refractivity (Wildman–Crippen MR) is 93.0 cm³/mol. The first-order valence-corrected chi connectivity index (χ1v) is 8.42. The van der Waals surface area contributed by atoms with Crippen molar-refractivity contribution in [1.82, 2.24) is 4.90 Å². The minimum Gasteiger partial charge on any atom is -0.392 e. The van der Waals surface area contributed by atoms with Gasteiger partial charge in [-0.15, -0.1) is 0 Å². The smallest absolute Gasteiger partial charge is 0.261 e. The lowest BCUT2D eigenvalue weighted by Crippen LogP contribution is -2.30. The van der Waals surface area contributed by atoms with Crippen molar-refractivity contribution in [3.8, 4) is 0 Å². The van der Waals surface area contributed by atoms with Crippen LogP contribution in [0.2, 0.25) is 0 Å². The molecule has 0 fully saturated rings. The number of aliphatic hydroxyl groups is 2. The quantitative estimate of drug-likeness (QED) is 0.599. The molecule has 3 rings (SSSR count). The second-order valence-electron chi connectivity index (χ2n) is 6.24. The minimum absolute atomic E-state index is 0.0596. The number of hydrogen-bond donors (Lipinski definition) is 2. The Labute approximate surface area is 146 Å². The van der Waals surface area contributed by atoms with E-state index in [4.69, 9.17) is 0 Å². The number of fused-ring (bicyclic) bond motifs is 1. The number of nitrogens with zero attached hydrogens (tertiary/aromatic N) is 1. The van der Waals surface area contributed by atoms with Crippen LogP contribution in [0.4, 0.5) is 0 Å². The van der Waals surface area contributed by atoms with Crippen molar-refractivity contribution in [2.75, 3.05) is 6.54 Å². The monoisotopic (exact) mass is 339 g/mol. The molecular weight excluding hydrogens is 318 g/mol. The van der Waals surface area contributed by atoms with Gasteiger partial charge in [-0.05, 0) is 48.1 Å². The highest BCUT2D eigenvalue weighted by molar-refractivity contribution is 6.21. The lowest BCUT2D eigenvalue weighted by Gasteiger charge is -2.13. The Bertz CT molecular complexity index is 743. The Morgan fingerprint density at radius 1 is 0.760 bits per heavy atom. The number of amides is 2. The minimum atomic E-state index is -0.217. The number of rotatable bonds is 7. The Morgan fingerprint density at radius 2 is 1.28 bits per heavy atom. The zero-order valence-electron chi connectivity index (χ0n) is 13.9. The van der Waals surface area contributed by atoms with Crippen LogP contribution >= 0.6 is 0 Å². The molecule has 25 heavy (non-hydrogen) atoms. The fraction of sp³-hybridized carbons (Fsp3) is 0.300. The van der Waals surface area contributed by atoms with E-state index in [1.54, 1.807) is 30.3 Å². The third kappa shape index (κ3) is 3.62. The summed E-state index contributed by atoms with van der Waals surface area (Å²) in [6.45, 7) is 0.282. The van der Waals surface area contributed by atoms with Gasteiger partial charge in [0.05, 0.1) is 24.3 Å². The van der Waals surface area contributed by atoms with Gasteiger partial charge >= 0.3 is 0 Å². The molecule has 0 atom stereocenters. The molecule has 0 spiro atoms. The highest BCUT2D eigenvalue weighted by Gasteiger charge is 2.34. The van der Waals surface area contributed by atoms with Crippen molar-refractivity contribution in [3.63, 3.8) is 0 Å². The van der Waals surface area contributed by atoms with Gasteiger partial charge in [0.25, 0.3) is 11.8 Å². The maximum atomic E-state index is 12.3. The van der Waals surface area contributed by atoms with Crippen LogP contribution < -0.4 is 0 Å². The molecule has 0 saturated carbocycles. The fourth-order valence-corrected chi connectivity index (χ4v) is 3.21. The number of unbranched alkanes of at least 4 members (excludes halogenated alkanes) is 1. The van der Waals surface area contributed by atoms with E-state index in [0.717, 1.165) is 29.5 Å². The summed E-state index contributed by atoms with van der Waals surface area (Å²) in [5.74, 6) is -0.434. The first-order chi connectivity index (χ1) is 12.1. The summed E-state index contributed by atoms with van der Waals surface area (Å²) in [5, 5.41) is 18.6. The predicted octanol–water partition coefficient (Wildman–Crippen LogP) is 2.29. The van der Waals surface area contributed by atoms with Crippen molar-refractivity contribution in [1.29, 1.82) is 0 Å². The molecule has 5 heteroatoms. The van der Waals surface area contributed by atoms with E-state index in [1.165, 1.54) is 4.90 Å². The summed E-state index contributed by atoms with van der Waals surface area (Å²) in [6.07, 6.45) is 2.29. The first kappa shape index (κ1) is 17.3. The maximum absolute atomic E-state index is 12.3. The van der Waals surface area contributed by atoms with Crippen molar-refractivity contribution in [2.24, 2.45) is 0 Å². The van der Waals surface area contributed by atoms with Gasteiger partial charge in [-0.3, -0.25) is 14.5 Å². The number of aliphatic hydroxyl groups excluding tert-OH is 2. The van der Waals surface area contributed by atoms with Crippen LogP contribution in [-0.4, -0.2) is 33.5 Å². The first-order valence-electron chi connectivity index (χ1n) is 8.42. The molecule has 0 aromatic heterocycles. The van der Waals surface area contributed by atoms with Gasteiger partial charge in [0, 0.05) is 6.54 Å². The average Bonchev–Trinajstić information content (AvgIpc) is 2.89. The van der Waals surface area contributed by atoms with E-state index in [1.807, 2.05) is 12.1 Å². The molecule has 1 aliphatic rings. The van der Waals surface area contributed by atoms with Crippen LogP contribution in [0.25, 0.3) is 0 Å². The molecule has 0 unspecified atom stereocenters. The standard InChI is InChI=1S/C20H21NO4/c22-12-15-9-14(10-16(11-15)13-23)5-3-4-8-21-19(24)17-6-1-2-7-18(17)20(21)25/h1-2,6-7,9-11,22-23H,3-5,8,12-13H2. The number of benzene rings is 2. The highest BCUT2D eigenvalue weighted by Crippen LogP contribution is 2.23. The summed E-state index contributed by atoms with van der Waals surface area (Å²) in [5.41, 5.74) is 3.56. The van der Waals surface area contributed by atoms with E-state index >= 15 is 0 Å². The van der Waals surface area contributed by atoms with Crippen LogP contribution in [0.3, 0.4) is 0 Å². The van der Waals surface area contributed by atoms with E-state index in [-0.39, 0.29) is 25.0 Å². The normalized spacial score (nSPS) is 13.4. The van der Waals surface area contributed by atoms with Crippen LogP contribution in [0, 0.1) is 0 Å². The maximum Gasteiger partial charge on any atom is 0.261 e. The molecule has 130 valence electrons. The molecule has 1 aliphatic heterocycles. The van der Waals surface area contributed by atoms with E-state index in [2.05, 4.69) is 0 Å². The van der Waals surface area contributed by atoms with Crippen LogP contribution in [0.5, 0.6) is 0 Å². The Balaban J connectivity index is 1.56. The Morgan fingerprint density at radius 3 is 1.80 bits per heavy atom. The number of carbonyl (C=O) groups excluding carboxylic acids is 2. The second-order valence-corrected chi connectivity index (χ2v) is 6.24. The zero-order chi connectivity index (χ0) is 17.8. The van der Waals surface area contributed by atoms with Crippen molar-refractivity contribution in [2.45, 2.75) is 32.5 Å². The Hall–Kier alpha value is -2.50. The average molecular weight is 339 g/mol. The van der Waals surface area contributed by atoms with Gasteiger partial charge in [0.2, 0.25) is 0 Å². The Kier molecular flexibility index (Phi) is 5.26. The molecule has 0 radical (unpaired) electrons. The molecule has 5 nitrogen and oxygen atoms in total. The zero-order valence-corrected chi connectivity index (χ0v) is 13.9. The SMILES string of the molecule is O=C1c2ccccc2C(=O)N1CCCCc1cc(CO)cc(CO)c1. The molecule has 0 saturated heterocycles. The van der Waals surface area contributed by atoms with Gasteiger partial charge in [-0.1, -0.05) is 30.3 Å². The largest absolute Gasteiger partial charge is 0.392 e.